The smallest absolute Gasteiger partial charge is 0.0944 e. The molecule has 4 rings (SSSR count). The molecular formula is C22H16N2. The molecule has 0 aliphatic heterocycles. The number of rotatable bonds is 2. The fourth-order valence-corrected chi connectivity index (χ4v) is 3.41. The molecule has 0 heterocycles. The van der Waals surface area contributed by atoms with E-state index in [2.05, 4.69) is 60.7 Å². The first-order chi connectivity index (χ1) is 11.7. The minimum absolute atomic E-state index is 0.636. The first-order valence-corrected chi connectivity index (χ1v) is 7.89. The van der Waals surface area contributed by atoms with E-state index in [-0.39, 0.29) is 0 Å². The van der Waals surface area contributed by atoms with Gasteiger partial charge in [-0.3, -0.25) is 0 Å². The molecule has 2 nitrogen and oxygen atoms in total. The lowest BCUT2D eigenvalue weighted by Crippen LogP contribution is -1.91. The van der Waals surface area contributed by atoms with Gasteiger partial charge in [-0.2, -0.15) is 5.26 Å². The molecule has 0 saturated heterocycles. The van der Waals surface area contributed by atoms with Gasteiger partial charge in [-0.25, -0.2) is 0 Å². The van der Waals surface area contributed by atoms with Crippen LogP contribution in [-0.2, 0) is 0 Å². The van der Waals surface area contributed by atoms with Crippen molar-refractivity contribution in [1.29, 1.82) is 5.26 Å². The number of benzene rings is 4. The van der Waals surface area contributed by atoms with Crippen LogP contribution < -0.4 is 5.73 Å². The van der Waals surface area contributed by atoms with E-state index in [0.29, 0.717) is 5.57 Å². The van der Waals surface area contributed by atoms with Crippen LogP contribution in [0.25, 0.3) is 37.9 Å². The van der Waals surface area contributed by atoms with E-state index in [4.69, 9.17) is 11.0 Å². The largest absolute Gasteiger partial charge is 0.404 e. The molecule has 24 heavy (non-hydrogen) atoms. The molecule has 0 spiro atoms. The van der Waals surface area contributed by atoms with Crippen molar-refractivity contribution in [3.8, 4) is 6.07 Å². The molecule has 2 heteroatoms. The predicted octanol–water partition coefficient (Wildman–Crippen LogP) is 5.35. The Hall–Kier alpha value is -3.31. The Bertz CT molecular complexity index is 1110. The van der Waals surface area contributed by atoms with Crippen molar-refractivity contribution in [3.63, 3.8) is 0 Å². The third-order valence-electron chi connectivity index (χ3n) is 4.52. The summed E-state index contributed by atoms with van der Waals surface area (Å²) in [6.07, 6.45) is 3.39. The van der Waals surface area contributed by atoms with Gasteiger partial charge >= 0.3 is 0 Å². The van der Waals surface area contributed by atoms with E-state index < -0.39 is 0 Å². The van der Waals surface area contributed by atoms with Crippen molar-refractivity contribution in [2.75, 3.05) is 0 Å². The van der Waals surface area contributed by atoms with E-state index in [1.807, 2.05) is 6.08 Å². The highest BCUT2D eigenvalue weighted by Gasteiger charge is 2.10. The molecule has 0 fully saturated rings. The molecule has 0 amide bonds. The van der Waals surface area contributed by atoms with Crippen molar-refractivity contribution < 1.29 is 0 Å². The zero-order valence-electron chi connectivity index (χ0n) is 13.4. The second-order valence-electron chi connectivity index (χ2n) is 6.07. The highest BCUT2D eigenvalue weighted by atomic mass is 14.5. The maximum atomic E-state index is 9.03. The van der Waals surface area contributed by atoms with Gasteiger partial charge in [0, 0.05) is 11.8 Å². The van der Waals surface area contributed by atoms with E-state index in [9.17, 15) is 0 Å². The molecule has 0 atom stereocenters. The predicted molar refractivity (Wildman–Crippen MR) is 102 cm³/mol. The third kappa shape index (κ3) is 2.11. The van der Waals surface area contributed by atoms with Crippen LogP contribution in [0.1, 0.15) is 12.5 Å². The van der Waals surface area contributed by atoms with Gasteiger partial charge in [-0.15, -0.1) is 0 Å². The first-order valence-electron chi connectivity index (χ1n) is 7.89. The summed E-state index contributed by atoms with van der Waals surface area (Å²) in [6, 6.07) is 21.5. The van der Waals surface area contributed by atoms with Gasteiger partial charge in [-0.05, 0) is 68.6 Å². The molecule has 0 saturated carbocycles. The monoisotopic (exact) mass is 308 g/mol. The lowest BCUT2D eigenvalue weighted by molar-refractivity contribution is 1.44. The summed E-state index contributed by atoms with van der Waals surface area (Å²) in [5, 5.41) is 16.5. The lowest BCUT2D eigenvalue weighted by atomic mass is 9.91. The topological polar surface area (TPSA) is 49.8 Å². The number of hydrogen-bond donors (Lipinski definition) is 1. The molecule has 114 valence electrons. The van der Waals surface area contributed by atoms with Crippen molar-refractivity contribution in [2.45, 2.75) is 6.92 Å². The van der Waals surface area contributed by atoms with Crippen molar-refractivity contribution >= 4 is 37.9 Å². The number of hydrogen-bond acceptors (Lipinski definition) is 2. The van der Waals surface area contributed by atoms with Gasteiger partial charge in [0.05, 0.1) is 6.07 Å². The van der Waals surface area contributed by atoms with Crippen LogP contribution in [0, 0.1) is 11.3 Å². The standard InChI is InChI=1S/C22H16N2/c1-14(12-23)9-20(13-24)19-10-17-7-5-15-3-2-4-16-6-8-18(11-19)22(17)21(15)16/h2-11,13H,24H2,1H3/b14-9+,20-13+. The van der Waals surface area contributed by atoms with Crippen LogP contribution in [0.15, 0.2) is 72.4 Å². The van der Waals surface area contributed by atoms with Crippen LogP contribution >= 0.6 is 0 Å². The zero-order chi connectivity index (χ0) is 16.7. The van der Waals surface area contributed by atoms with E-state index in [0.717, 1.165) is 11.1 Å². The lowest BCUT2D eigenvalue weighted by Gasteiger charge is -2.13. The Morgan fingerprint density at radius 3 is 2.00 bits per heavy atom. The average molecular weight is 308 g/mol. The van der Waals surface area contributed by atoms with Gasteiger partial charge in [0.1, 0.15) is 0 Å². The van der Waals surface area contributed by atoms with Crippen LogP contribution in [0.4, 0.5) is 0 Å². The molecule has 2 N–H and O–H groups in total. The summed E-state index contributed by atoms with van der Waals surface area (Å²) in [6.45, 7) is 1.79. The number of allylic oxidation sites excluding steroid dienone is 3. The van der Waals surface area contributed by atoms with Crippen LogP contribution in [-0.4, -0.2) is 0 Å². The van der Waals surface area contributed by atoms with Crippen molar-refractivity contribution in [3.05, 3.63) is 78.0 Å². The molecule has 0 aliphatic carbocycles. The number of nitriles is 1. The summed E-state index contributed by atoms with van der Waals surface area (Å²) < 4.78 is 0. The van der Waals surface area contributed by atoms with E-state index in [1.54, 1.807) is 13.1 Å². The number of nitrogens with two attached hydrogens (primary N) is 1. The molecule has 4 aromatic carbocycles. The Kier molecular flexibility index (Phi) is 3.22. The Morgan fingerprint density at radius 1 is 0.917 bits per heavy atom. The fraction of sp³-hybridized carbons (Fsp3) is 0.0455. The number of nitrogens with zero attached hydrogens (tertiary/aromatic N) is 1. The zero-order valence-corrected chi connectivity index (χ0v) is 13.4. The molecule has 0 aromatic heterocycles. The summed E-state index contributed by atoms with van der Waals surface area (Å²) in [5.74, 6) is 0. The fourth-order valence-electron chi connectivity index (χ4n) is 3.41. The molecule has 0 unspecified atom stereocenters. The second-order valence-corrected chi connectivity index (χ2v) is 6.07. The Labute approximate surface area is 140 Å². The molecular weight excluding hydrogens is 292 g/mol. The van der Waals surface area contributed by atoms with Gasteiger partial charge < -0.3 is 5.73 Å². The maximum Gasteiger partial charge on any atom is 0.0944 e. The van der Waals surface area contributed by atoms with E-state index >= 15 is 0 Å². The minimum atomic E-state index is 0.636. The van der Waals surface area contributed by atoms with Gasteiger partial charge in [0.15, 0.2) is 0 Å². The van der Waals surface area contributed by atoms with Gasteiger partial charge in [-0.1, -0.05) is 42.5 Å². The summed E-state index contributed by atoms with van der Waals surface area (Å²) >= 11 is 0. The van der Waals surface area contributed by atoms with E-state index in [1.165, 1.54) is 32.3 Å². The summed E-state index contributed by atoms with van der Waals surface area (Å²) in [4.78, 5) is 0. The van der Waals surface area contributed by atoms with Crippen LogP contribution in [0.3, 0.4) is 0 Å². The Balaban J connectivity index is 2.06. The highest BCUT2D eigenvalue weighted by Crippen LogP contribution is 2.36. The minimum Gasteiger partial charge on any atom is -0.404 e. The summed E-state index contributed by atoms with van der Waals surface area (Å²) in [5.41, 5.74) is 8.33. The highest BCUT2D eigenvalue weighted by molar-refractivity contribution is 6.23. The Morgan fingerprint density at radius 2 is 1.46 bits per heavy atom. The normalized spacial score (nSPS) is 13.0. The average Bonchev–Trinajstić information content (AvgIpc) is 2.63. The molecule has 4 aromatic rings. The van der Waals surface area contributed by atoms with Gasteiger partial charge in [0.25, 0.3) is 0 Å². The molecule has 0 bridgehead atoms. The van der Waals surface area contributed by atoms with Crippen molar-refractivity contribution in [2.24, 2.45) is 5.73 Å². The quantitative estimate of drug-likeness (QED) is 0.308. The molecule has 0 radical (unpaired) electrons. The second kappa shape index (κ2) is 5.40. The van der Waals surface area contributed by atoms with Crippen LogP contribution in [0.2, 0.25) is 0 Å². The third-order valence-corrected chi connectivity index (χ3v) is 4.52. The molecule has 0 aliphatic rings. The van der Waals surface area contributed by atoms with Crippen molar-refractivity contribution in [1.82, 2.24) is 0 Å². The SMILES string of the molecule is C/C(C#N)=C\C(=C/N)c1cc2ccc3cccc4ccc(c1)c2c34. The van der Waals surface area contributed by atoms with Gasteiger partial charge in [0.2, 0.25) is 0 Å². The first kappa shape index (κ1) is 14.3. The maximum absolute atomic E-state index is 9.03. The van der Waals surface area contributed by atoms with Crippen LogP contribution in [0.5, 0.6) is 0 Å². The summed E-state index contributed by atoms with van der Waals surface area (Å²) in [7, 11) is 0.